The molecule has 5 heteroatoms. The molecule has 1 amide bonds. The lowest BCUT2D eigenvalue weighted by Crippen LogP contribution is -2.64. The van der Waals surface area contributed by atoms with E-state index < -0.39 is 11.2 Å². The SMILES string of the molecule is CNCCC1(O)CN(C(=O)OC(C)(C)C)C1. The summed E-state index contributed by atoms with van der Waals surface area (Å²) in [6.07, 6.45) is 0.310. The molecule has 1 fully saturated rings. The number of hydrogen-bond acceptors (Lipinski definition) is 4. The molecule has 0 unspecified atom stereocenters. The number of β-amino-alcohol motifs (C(OH)–C–C–N with tert-alkyl or cyclic N) is 1. The number of likely N-dealkylation sites (tertiary alicyclic amines) is 1. The number of amides is 1. The van der Waals surface area contributed by atoms with Crippen LogP contribution in [-0.4, -0.2) is 54.0 Å². The summed E-state index contributed by atoms with van der Waals surface area (Å²) in [6.45, 7) is 6.97. The minimum absolute atomic E-state index is 0.346. The average molecular weight is 230 g/mol. The highest BCUT2D eigenvalue weighted by molar-refractivity contribution is 5.69. The molecular weight excluding hydrogens is 208 g/mol. The van der Waals surface area contributed by atoms with Gasteiger partial charge in [0, 0.05) is 0 Å². The van der Waals surface area contributed by atoms with Gasteiger partial charge in [0.25, 0.3) is 0 Å². The Kier molecular flexibility index (Phi) is 3.80. The van der Waals surface area contributed by atoms with Crippen LogP contribution in [0.5, 0.6) is 0 Å². The summed E-state index contributed by atoms with van der Waals surface area (Å²) >= 11 is 0. The number of nitrogens with zero attached hydrogens (tertiary/aromatic N) is 1. The van der Waals surface area contributed by atoms with Gasteiger partial charge in [0.15, 0.2) is 0 Å². The zero-order chi connectivity index (χ0) is 12.4. The van der Waals surface area contributed by atoms with Crippen molar-refractivity contribution in [3.8, 4) is 0 Å². The lowest BCUT2D eigenvalue weighted by Gasteiger charge is -2.46. The van der Waals surface area contributed by atoms with Crippen LogP contribution in [0.25, 0.3) is 0 Å². The van der Waals surface area contributed by atoms with Gasteiger partial charge in [-0.2, -0.15) is 0 Å². The highest BCUT2D eigenvalue weighted by Crippen LogP contribution is 2.25. The first kappa shape index (κ1) is 13.3. The predicted molar refractivity (Wildman–Crippen MR) is 61.3 cm³/mol. The molecule has 0 aromatic carbocycles. The predicted octanol–water partition coefficient (Wildman–Crippen LogP) is 0.578. The van der Waals surface area contributed by atoms with Crippen molar-refractivity contribution in [3.05, 3.63) is 0 Å². The normalized spacial score (nSPS) is 19.2. The molecule has 0 saturated carbocycles. The average Bonchev–Trinajstić information content (AvgIpc) is 2.07. The molecule has 5 nitrogen and oxygen atoms in total. The van der Waals surface area contributed by atoms with Crippen LogP contribution in [0.1, 0.15) is 27.2 Å². The smallest absolute Gasteiger partial charge is 0.410 e. The quantitative estimate of drug-likeness (QED) is 0.744. The number of rotatable bonds is 3. The lowest BCUT2D eigenvalue weighted by atomic mass is 9.91. The van der Waals surface area contributed by atoms with E-state index in [4.69, 9.17) is 4.74 Å². The first-order chi connectivity index (χ1) is 7.26. The van der Waals surface area contributed by atoms with Crippen LogP contribution < -0.4 is 5.32 Å². The van der Waals surface area contributed by atoms with Crippen molar-refractivity contribution in [1.82, 2.24) is 10.2 Å². The minimum Gasteiger partial charge on any atom is -0.444 e. The molecule has 0 atom stereocenters. The Morgan fingerprint density at radius 1 is 1.50 bits per heavy atom. The molecule has 1 rings (SSSR count). The van der Waals surface area contributed by atoms with Gasteiger partial charge in [-0.15, -0.1) is 0 Å². The zero-order valence-electron chi connectivity index (χ0n) is 10.5. The Morgan fingerprint density at radius 2 is 2.06 bits per heavy atom. The van der Waals surface area contributed by atoms with E-state index in [9.17, 15) is 9.90 Å². The van der Waals surface area contributed by atoms with Crippen LogP contribution in [0.4, 0.5) is 4.79 Å². The maximum absolute atomic E-state index is 11.6. The number of aliphatic hydroxyl groups is 1. The van der Waals surface area contributed by atoms with E-state index in [-0.39, 0.29) is 6.09 Å². The molecule has 1 aliphatic rings. The molecule has 0 aromatic heterocycles. The third-order valence-electron chi connectivity index (χ3n) is 2.46. The van der Waals surface area contributed by atoms with Crippen LogP contribution in [0.3, 0.4) is 0 Å². The van der Waals surface area contributed by atoms with Crippen molar-refractivity contribution in [2.24, 2.45) is 0 Å². The van der Waals surface area contributed by atoms with Gasteiger partial charge in [-0.05, 0) is 40.8 Å². The number of carbonyl (C=O) groups excluding carboxylic acids is 1. The lowest BCUT2D eigenvalue weighted by molar-refractivity contribution is -0.101. The standard InChI is InChI=1S/C11H22N2O3/c1-10(2,3)16-9(14)13-7-11(15,8-13)5-6-12-4/h12,15H,5-8H2,1-4H3. The molecule has 0 aromatic rings. The third kappa shape index (κ3) is 3.64. The summed E-state index contributed by atoms with van der Waals surface area (Å²) in [5, 5.41) is 12.9. The van der Waals surface area contributed by atoms with E-state index in [1.165, 1.54) is 4.90 Å². The molecular formula is C11H22N2O3. The summed E-state index contributed by atoms with van der Waals surface area (Å²) in [5.41, 5.74) is -1.21. The van der Waals surface area contributed by atoms with Crippen molar-refractivity contribution < 1.29 is 14.6 Å². The van der Waals surface area contributed by atoms with Crippen LogP contribution >= 0.6 is 0 Å². The number of nitrogens with one attached hydrogen (secondary N) is 1. The van der Waals surface area contributed by atoms with Gasteiger partial charge in [-0.1, -0.05) is 0 Å². The van der Waals surface area contributed by atoms with Crippen molar-refractivity contribution in [3.63, 3.8) is 0 Å². The molecule has 0 aliphatic carbocycles. The number of carbonyl (C=O) groups is 1. The fourth-order valence-corrected chi connectivity index (χ4v) is 1.64. The second kappa shape index (κ2) is 4.59. The Balaban J connectivity index is 2.32. The molecule has 94 valence electrons. The van der Waals surface area contributed by atoms with Crippen molar-refractivity contribution in [2.45, 2.75) is 38.4 Å². The summed E-state index contributed by atoms with van der Waals surface area (Å²) < 4.78 is 5.20. The van der Waals surface area contributed by atoms with Gasteiger partial charge in [0.05, 0.1) is 13.1 Å². The molecule has 0 spiro atoms. The topological polar surface area (TPSA) is 61.8 Å². The van der Waals surface area contributed by atoms with Gasteiger partial charge in [-0.25, -0.2) is 4.79 Å². The fourth-order valence-electron chi connectivity index (χ4n) is 1.64. The Morgan fingerprint density at radius 3 is 2.50 bits per heavy atom. The first-order valence-corrected chi connectivity index (χ1v) is 5.61. The molecule has 0 bridgehead atoms. The maximum atomic E-state index is 11.6. The third-order valence-corrected chi connectivity index (χ3v) is 2.46. The summed E-state index contributed by atoms with van der Waals surface area (Å²) in [6, 6.07) is 0. The Hall–Kier alpha value is -0.810. The molecule has 0 radical (unpaired) electrons. The van der Waals surface area contributed by atoms with Gasteiger partial charge in [-0.3, -0.25) is 0 Å². The minimum atomic E-state index is -0.736. The van der Waals surface area contributed by atoms with Crippen LogP contribution in [0, 0.1) is 0 Å². The van der Waals surface area contributed by atoms with E-state index in [0.717, 1.165) is 6.54 Å². The van der Waals surface area contributed by atoms with E-state index in [1.807, 2.05) is 27.8 Å². The summed E-state index contributed by atoms with van der Waals surface area (Å²) in [4.78, 5) is 13.1. The Labute approximate surface area is 96.8 Å². The van der Waals surface area contributed by atoms with Gasteiger partial charge in [0.1, 0.15) is 11.2 Å². The summed E-state index contributed by atoms with van der Waals surface area (Å²) in [5.74, 6) is 0. The Bertz CT molecular complexity index is 254. The number of hydrogen-bond donors (Lipinski definition) is 2. The van der Waals surface area contributed by atoms with Crippen molar-refractivity contribution in [2.75, 3.05) is 26.7 Å². The molecule has 2 N–H and O–H groups in total. The second-order valence-corrected chi connectivity index (χ2v) is 5.41. The molecule has 16 heavy (non-hydrogen) atoms. The van der Waals surface area contributed by atoms with Crippen LogP contribution in [0.15, 0.2) is 0 Å². The zero-order valence-corrected chi connectivity index (χ0v) is 10.5. The fraction of sp³-hybridized carbons (Fsp3) is 0.909. The van der Waals surface area contributed by atoms with Crippen molar-refractivity contribution >= 4 is 6.09 Å². The first-order valence-electron chi connectivity index (χ1n) is 5.61. The van der Waals surface area contributed by atoms with Crippen LogP contribution in [-0.2, 0) is 4.74 Å². The van der Waals surface area contributed by atoms with Crippen molar-refractivity contribution in [1.29, 1.82) is 0 Å². The molecule has 1 heterocycles. The van der Waals surface area contributed by atoms with E-state index in [2.05, 4.69) is 5.32 Å². The van der Waals surface area contributed by atoms with Crippen LogP contribution in [0.2, 0.25) is 0 Å². The highest BCUT2D eigenvalue weighted by atomic mass is 16.6. The monoisotopic (exact) mass is 230 g/mol. The number of ether oxygens (including phenoxy) is 1. The van der Waals surface area contributed by atoms with Gasteiger partial charge >= 0.3 is 6.09 Å². The summed E-state index contributed by atoms with van der Waals surface area (Å²) in [7, 11) is 1.84. The van der Waals surface area contributed by atoms with E-state index >= 15 is 0 Å². The largest absolute Gasteiger partial charge is 0.444 e. The van der Waals surface area contributed by atoms with Gasteiger partial charge < -0.3 is 20.1 Å². The highest BCUT2D eigenvalue weighted by Gasteiger charge is 2.44. The molecule has 1 aliphatic heterocycles. The second-order valence-electron chi connectivity index (χ2n) is 5.41. The van der Waals surface area contributed by atoms with E-state index in [0.29, 0.717) is 19.5 Å². The van der Waals surface area contributed by atoms with E-state index in [1.54, 1.807) is 0 Å². The van der Waals surface area contributed by atoms with Gasteiger partial charge in [0.2, 0.25) is 0 Å². The maximum Gasteiger partial charge on any atom is 0.410 e. The molecule has 1 saturated heterocycles.